The lowest BCUT2D eigenvalue weighted by atomic mass is 10.0. The topological polar surface area (TPSA) is 133 Å². The van der Waals surface area contributed by atoms with Crippen molar-refractivity contribution in [1.82, 2.24) is 40.3 Å². The number of hydrogen-bond donors (Lipinski definition) is 2. The molecule has 4 rings (SSSR count). The Morgan fingerprint density at radius 1 is 1.05 bits per heavy atom. The van der Waals surface area contributed by atoms with E-state index in [9.17, 15) is 31.5 Å². The lowest BCUT2D eigenvalue weighted by molar-refractivity contribution is -0.292. The Kier molecular flexibility index (Phi) is 8.79. The molecule has 4 aromatic rings. The Morgan fingerprint density at radius 2 is 1.74 bits per heavy atom. The number of nitrogens with zero attached hydrogens (tertiary/aromatic N) is 7. The fourth-order valence-corrected chi connectivity index (χ4v) is 4.73. The van der Waals surface area contributed by atoms with Crippen molar-refractivity contribution in [2.45, 2.75) is 51.9 Å². The van der Waals surface area contributed by atoms with Crippen molar-refractivity contribution in [2.24, 2.45) is 0 Å². The van der Waals surface area contributed by atoms with E-state index in [0.717, 1.165) is 8.25 Å². The first-order chi connectivity index (χ1) is 19.9. The maximum atomic E-state index is 13.7. The van der Waals surface area contributed by atoms with Crippen molar-refractivity contribution in [1.29, 1.82) is 0 Å². The van der Waals surface area contributed by atoms with E-state index in [2.05, 4.69) is 36.1 Å². The van der Waals surface area contributed by atoms with Gasteiger partial charge in [-0.3, -0.25) is 9.59 Å². The summed E-state index contributed by atoms with van der Waals surface area (Å²) in [6.45, 7) is 6.57. The lowest BCUT2D eigenvalue weighted by Gasteiger charge is -2.22. The van der Waals surface area contributed by atoms with Crippen LogP contribution in [0.3, 0.4) is 0 Å². The number of anilines is 1. The van der Waals surface area contributed by atoms with Gasteiger partial charge < -0.3 is 10.6 Å². The first kappa shape index (κ1) is 32.2. The van der Waals surface area contributed by atoms with E-state index in [1.165, 1.54) is 24.4 Å². The van der Waals surface area contributed by atoms with Crippen LogP contribution in [-0.2, 0) is 12.5 Å². The number of benzene rings is 1. The average Bonchev–Trinajstić information content (AvgIpc) is 3.52. The second-order valence-electron chi connectivity index (χ2n) is 10.3. The number of tetrazole rings is 1. The van der Waals surface area contributed by atoms with Crippen molar-refractivity contribution in [3.8, 4) is 5.82 Å². The molecule has 228 valence electrons. The van der Waals surface area contributed by atoms with E-state index in [4.69, 9.17) is 11.6 Å². The van der Waals surface area contributed by atoms with Gasteiger partial charge >= 0.3 is 12.1 Å². The number of hydrogen-bond acceptors (Lipinski definition) is 7. The molecule has 0 radical (unpaired) electrons. The summed E-state index contributed by atoms with van der Waals surface area (Å²) in [7, 11) is 0. The number of carbonyl (C=O) groups excluding carboxylic acids is 2. The maximum absolute atomic E-state index is 13.7. The molecule has 2 amide bonds. The molecule has 43 heavy (non-hydrogen) atoms. The maximum Gasteiger partial charge on any atom is 0.461 e. The molecule has 18 heteroatoms. The van der Waals surface area contributed by atoms with Crippen molar-refractivity contribution < 1.29 is 31.5 Å². The first-order valence-corrected chi connectivity index (χ1v) is 13.7. The van der Waals surface area contributed by atoms with Crippen LogP contribution in [0, 0.1) is 10.5 Å². The molecule has 0 aliphatic rings. The highest BCUT2D eigenvalue weighted by molar-refractivity contribution is 14.1. The summed E-state index contributed by atoms with van der Waals surface area (Å²) < 4.78 is 67.4. The number of halogens is 7. The third-order valence-corrected chi connectivity index (χ3v) is 6.52. The van der Waals surface area contributed by atoms with Gasteiger partial charge in [0, 0.05) is 15.3 Å². The third kappa shape index (κ3) is 7.09. The third-order valence-electron chi connectivity index (χ3n) is 5.60. The minimum Gasteiger partial charge on any atom is -0.347 e. The van der Waals surface area contributed by atoms with Crippen LogP contribution in [-0.4, -0.2) is 58.5 Å². The molecule has 3 aromatic heterocycles. The number of aromatic nitrogens is 7. The summed E-state index contributed by atoms with van der Waals surface area (Å²) in [5, 5.41) is 19.2. The smallest absolute Gasteiger partial charge is 0.347 e. The van der Waals surface area contributed by atoms with E-state index in [1.807, 2.05) is 22.6 Å². The Labute approximate surface area is 259 Å². The van der Waals surface area contributed by atoms with Crippen LogP contribution in [0.5, 0.6) is 0 Å². The Bertz CT molecular complexity index is 1700. The van der Waals surface area contributed by atoms with Crippen molar-refractivity contribution in [3.63, 3.8) is 0 Å². The molecule has 0 fully saturated rings. The normalized spacial score (nSPS) is 12.3. The number of aryl methyl sites for hydroxylation is 1. The van der Waals surface area contributed by atoms with E-state index in [-0.39, 0.29) is 33.5 Å². The predicted molar refractivity (Wildman–Crippen MR) is 152 cm³/mol. The van der Waals surface area contributed by atoms with Crippen molar-refractivity contribution >= 4 is 51.7 Å². The molecule has 1 aromatic carbocycles. The number of carbonyl (C=O) groups is 2. The monoisotopic (exact) mass is 737 g/mol. The average molecular weight is 738 g/mol. The van der Waals surface area contributed by atoms with Gasteiger partial charge in [0.05, 0.1) is 22.0 Å². The predicted octanol–water partition coefficient (Wildman–Crippen LogP) is 5.30. The van der Waals surface area contributed by atoms with E-state index >= 15 is 0 Å². The Hall–Kier alpha value is -3.74. The van der Waals surface area contributed by atoms with Gasteiger partial charge in [0.1, 0.15) is 12.2 Å². The van der Waals surface area contributed by atoms with Crippen molar-refractivity contribution in [2.75, 3.05) is 5.32 Å². The number of nitrogens with one attached hydrogen (secondary N) is 2. The second-order valence-corrected chi connectivity index (χ2v) is 11.9. The SMILES string of the molecule is Cc1cc(I)cc(C(=O)NC(C)(C)C)c1NC(=O)c1cc(Cn2nnc(C(F)(F)C(F)(F)F)n2)nn1-c1ncccc1Cl. The zero-order chi connectivity index (χ0) is 31.9. The minimum absolute atomic E-state index is 0.0152. The standard InChI is InChI=1S/C25H22ClF5IN9O2/c1-12-8-13(32)9-15(20(42)35-23(2,3)4)18(12)34-21(43)17-10-14(37-41(17)19-16(26)6-5-7-33-19)11-40-38-22(36-39-40)24(27,28)25(29,30)31/h5-10H,11H2,1-4H3,(H,34,43)(H,35,42). The second kappa shape index (κ2) is 11.7. The highest BCUT2D eigenvalue weighted by Crippen LogP contribution is 2.41. The van der Waals surface area contributed by atoms with Crippen LogP contribution in [0.25, 0.3) is 5.82 Å². The summed E-state index contributed by atoms with van der Waals surface area (Å²) in [5.74, 6) is -8.36. The van der Waals surface area contributed by atoms with Gasteiger partial charge in [0.15, 0.2) is 5.82 Å². The molecule has 0 unspecified atom stereocenters. The molecule has 0 saturated carbocycles. The molecule has 0 bridgehead atoms. The zero-order valence-electron chi connectivity index (χ0n) is 22.8. The summed E-state index contributed by atoms with van der Waals surface area (Å²) >= 11 is 8.34. The molecular formula is C25H22ClF5IN9O2. The molecule has 0 spiro atoms. The molecule has 0 aliphatic heterocycles. The van der Waals surface area contributed by atoms with Gasteiger partial charge in [-0.1, -0.05) is 11.6 Å². The van der Waals surface area contributed by atoms with Crippen LogP contribution < -0.4 is 10.6 Å². The summed E-state index contributed by atoms with van der Waals surface area (Å²) in [5.41, 5.74) is 0.223. The first-order valence-electron chi connectivity index (χ1n) is 12.2. The molecule has 0 atom stereocenters. The quantitative estimate of drug-likeness (QED) is 0.194. The summed E-state index contributed by atoms with van der Waals surface area (Å²) in [6, 6.07) is 7.60. The number of alkyl halides is 5. The van der Waals surface area contributed by atoms with Crippen LogP contribution in [0.2, 0.25) is 5.02 Å². The van der Waals surface area contributed by atoms with Crippen LogP contribution in [0.4, 0.5) is 27.6 Å². The molecule has 0 aliphatic carbocycles. The molecule has 3 heterocycles. The number of amides is 2. The molecular weight excluding hydrogens is 716 g/mol. The molecule has 0 saturated heterocycles. The fraction of sp³-hybridized carbons (Fsp3) is 0.320. The molecule has 2 N–H and O–H groups in total. The van der Waals surface area contributed by atoms with Gasteiger partial charge in [-0.2, -0.15) is 31.8 Å². The van der Waals surface area contributed by atoms with Crippen molar-refractivity contribution in [3.05, 3.63) is 73.5 Å². The van der Waals surface area contributed by atoms with Gasteiger partial charge in [-0.05, 0) is 91.4 Å². The number of pyridine rings is 1. The van der Waals surface area contributed by atoms with Crippen LogP contribution in [0.15, 0.2) is 36.5 Å². The Morgan fingerprint density at radius 3 is 2.37 bits per heavy atom. The van der Waals surface area contributed by atoms with E-state index in [0.29, 0.717) is 10.4 Å². The van der Waals surface area contributed by atoms with Gasteiger partial charge in [-0.15, -0.1) is 10.2 Å². The van der Waals surface area contributed by atoms with E-state index < -0.39 is 41.8 Å². The Balaban J connectivity index is 1.74. The van der Waals surface area contributed by atoms with Gasteiger partial charge in [0.2, 0.25) is 0 Å². The van der Waals surface area contributed by atoms with Gasteiger partial charge in [0.25, 0.3) is 17.6 Å². The highest BCUT2D eigenvalue weighted by Gasteiger charge is 2.62. The van der Waals surface area contributed by atoms with E-state index in [1.54, 1.807) is 39.8 Å². The zero-order valence-corrected chi connectivity index (χ0v) is 25.7. The summed E-state index contributed by atoms with van der Waals surface area (Å²) in [4.78, 5) is 31.4. The van der Waals surface area contributed by atoms with Crippen LogP contribution >= 0.6 is 34.2 Å². The fourth-order valence-electron chi connectivity index (χ4n) is 3.74. The highest BCUT2D eigenvalue weighted by atomic mass is 127. The van der Waals surface area contributed by atoms with Gasteiger partial charge in [-0.25, -0.2) is 9.67 Å². The minimum atomic E-state index is -5.93. The number of rotatable bonds is 7. The summed E-state index contributed by atoms with van der Waals surface area (Å²) in [6.07, 6.45) is -4.55. The molecule has 11 nitrogen and oxygen atoms in total. The van der Waals surface area contributed by atoms with Crippen LogP contribution in [0.1, 0.15) is 58.7 Å². The lowest BCUT2D eigenvalue weighted by Crippen LogP contribution is -2.41. The largest absolute Gasteiger partial charge is 0.461 e.